The SMILES string of the molecule is O=P(O)(O)c1cccc(-c2ccc(-n3c4cc(Br)ccc4c4ccc(Br)cc43)cc2)c1. The molecule has 0 saturated heterocycles. The summed E-state index contributed by atoms with van der Waals surface area (Å²) in [6.45, 7) is 0. The van der Waals surface area contributed by atoms with Crippen LogP contribution in [0.1, 0.15) is 0 Å². The zero-order valence-electron chi connectivity index (χ0n) is 16.0. The first-order valence-electron chi connectivity index (χ1n) is 9.47. The summed E-state index contributed by atoms with van der Waals surface area (Å²) >= 11 is 7.18. The number of halogens is 2. The quantitative estimate of drug-likeness (QED) is 0.241. The van der Waals surface area contributed by atoms with E-state index < -0.39 is 7.60 Å². The van der Waals surface area contributed by atoms with Gasteiger partial charge in [-0.15, -0.1) is 0 Å². The summed E-state index contributed by atoms with van der Waals surface area (Å²) in [4.78, 5) is 19.0. The number of hydrogen-bond acceptors (Lipinski definition) is 1. The van der Waals surface area contributed by atoms with Gasteiger partial charge in [-0.25, -0.2) is 0 Å². The van der Waals surface area contributed by atoms with Crippen LogP contribution in [-0.2, 0) is 4.57 Å². The molecule has 0 aliphatic rings. The smallest absolute Gasteiger partial charge is 0.321 e. The van der Waals surface area contributed by atoms with Crippen molar-refractivity contribution in [3.63, 3.8) is 0 Å². The second-order valence-corrected chi connectivity index (χ2v) is 10.7. The summed E-state index contributed by atoms with van der Waals surface area (Å²) in [5, 5.41) is 2.36. The first-order valence-corrected chi connectivity index (χ1v) is 12.7. The number of nitrogens with zero attached hydrogens (tertiary/aromatic N) is 1. The van der Waals surface area contributed by atoms with Crippen molar-refractivity contribution in [1.29, 1.82) is 0 Å². The minimum atomic E-state index is -4.29. The van der Waals surface area contributed by atoms with Gasteiger partial charge < -0.3 is 14.4 Å². The van der Waals surface area contributed by atoms with Crippen molar-refractivity contribution in [2.24, 2.45) is 0 Å². The molecule has 0 bridgehead atoms. The third-order valence-corrected chi connectivity index (χ3v) is 7.27. The summed E-state index contributed by atoms with van der Waals surface area (Å²) in [7, 11) is -4.29. The van der Waals surface area contributed by atoms with E-state index >= 15 is 0 Å². The average molecular weight is 557 g/mol. The lowest BCUT2D eigenvalue weighted by atomic mass is 10.1. The molecule has 0 saturated carbocycles. The predicted molar refractivity (Wildman–Crippen MR) is 133 cm³/mol. The van der Waals surface area contributed by atoms with E-state index in [1.165, 1.54) is 16.8 Å². The molecule has 4 nitrogen and oxygen atoms in total. The monoisotopic (exact) mass is 555 g/mol. The standard InChI is InChI=1S/C24H16Br2NO3P/c25-17-6-10-21-22-11-7-18(26)14-24(22)27(23(21)13-17)19-8-4-15(5-9-19)16-2-1-3-20(12-16)31(28,29)30/h1-14H,(H2,28,29,30). The maximum absolute atomic E-state index is 11.6. The van der Waals surface area contributed by atoms with Crippen LogP contribution in [0.4, 0.5) is 0 Å². The van der Waals surface area contributed by atoms with Gasteiger partial charge in [-0.1, -0.05) is 68.3 Å². The van der Waals surface area contributed by atoms with E-state index in [-0.39, 0.29) is 5.30 Å². The maximum atomic E-state index is 11.6. The first kappa shape index (κ1) is 20.7. The fourth-order valence-corrected chi connectivity index (χ4v) is 5.20. The molecule has 7 heteroatoms. The van der Waals surface area contributed by atoms with Gasteiger partial charge in [-0.05, 0) is 59.7 Å². The average Bonchev–Trinajstić information content (AvgIpc) is 3.05. The Morgan fingerprint density at radius 1 is 0.677 bits per heavy atom. The van der Waals surface area contributed by atoms with Crippen molar-refractivity contribution in [3.8, 4) is 16.8 Å². The molecule has 5 rings (SSSR count). The van der Waals surface area contributed by atoms with Crippen LogP contribution >= 0.6 is 39.5 Å². The van der Waals surface area contributed by atoms with Gasteiger partial charge in [0.25, 0.3) is 0 Å². The molecule has 4 aromatic carbocycles. The lowest BCUT2D eigenvalue weighted by molar-refractivity contribution is 0.387. The van der Waals surface area contributed by atoms with E-state index in [9.17, 15) is 14.4 Å². The van der Waals surface area contributed by atoms with E-state index in [0.29, 0.717) is 0 Å². The van der Waals surface area contributed by atoms with E-state index in [0.717, 1.165) is 36.8 Å². The maximum Gasteiger partial charge on any atom is 0.356 e. The van der Waals surface area contributed by atoms with E-state index in [4.69, 9.17) is 0 Å². The van der Waals surface area contributed by atoms with E-state index in [2.05, 4.69) is 60.7 Å². The molecule has 1 aromatic heterocycles. The third kappa shape index (κ3) is 3.79. The second-order valence-electron chi connectivity index (χ2n) is 7.30. The molecule has 1 heterocycles. The number of hydrogen-bond donors (Lipinski definition) is 2. The Hall–Kier alpha value is -2.21. The highest BCUT2D eigenvalue weighted by atomic mass is 79.9. The Labute approximate surface area is 195 Å². The Morgan fingerprint density at radius 2 is 1.26 bits per heavy atom. The fourth-order valence-electron chi connectivity index (χ4n) is 3.91. The molecule has 0 spiro atoms. The third-order valence-electron chi connectivity index (χ3n) is 5.33. The Bertz CT molecular complexity index is 1440. The van der Waals surface area contributed by atoms with Crippen LogP contribution in [0.3, 0.4) is 0 Å². The van der Waals surface area contributed by atoms with Gasteiger partial charge >= 0.3 is 7.60 Å². The topological polar surface area (TPSA) is 62.5 Å². The first-order chi connectivity index (χ1) is 14.8. The van der Waals surface area contributed by atoms with Crippen molar-refractivity contribution < 1.29 is 14.4 Å². The molecule has 31 heavy (non-hydrogen) atoms. The number of benzene rings is 4. The molecule has 0 atom stereocenters. The van der Waals surface area contributed by atoms with Gasteiger partial charge in [-0.3, -0.25) is 4.57 Å². The van der Waals surface area contributed by atoms with Crippen LogP contribution < -0.4 is 5.30 Å². The Morgan fingerprint density at radius 3 is 1.81 bits per heavy atom. The van der Waals surface area contributed by atoms with E-state index in [1.54, 1.807) is 12.1 Å². The van der Waals surface area contributed by atoms with Crippen LogP contribution in [0.15, 0.2) is 93.9 Å². The van der Waals surface area contributed by atoms with Gasteiger partial charge in [0.15, 0.2) is 0 Å². The summed E-state index contributed by atoms with van der Waals surface area (Å²) in [6, 6.07) is 27.1. The molecular formula is C24H16Br2NO3P. The molecule has 0 radical (unpaired) electrons. The number of rotatable bonds is 3. The molecule has 0 fully saturated rings. The van der Waals surface area contributed by atoms with Gasteiger partial charge in [-0.2, -0.15) is 0 Å². The minimum Gasteiger partial charge on any atom is -0.321 e. The predicted octanol–water partition coefficient (Wildman–Crippen LogP) is 6.78. The number of fused-ring (bicyclic) bond motifs is 3. The molecule has 154 valence electrons. The van der Waals surface area contributed by atoms with Gasteiger partial charge in [0.2, 0.25) is 0 Å². The van der Waals surface area contributed by atoms with Gasteiger partial charge in [0.05, 0.1) is 16.3 Å². The fraction of sp³-hybridized carbons (Fsp3) is 0. The van der Waals surface area contributed by atoms with Crippen LogP contribution in [0.25, 0.3) is 38.6 Å². The zero-order chi connectivity index (χ0) is 21.8. The summed E-state index contributed by atoms with van der Waals surface area (Å²) in [5.74, 6) is 0. The Kier molecular flexibility index (Phi) is 5.16. The summed E-state index contributed by atoms with van der Waals surface area (Å²) < 4.78 is 15.8. The molecular weight excluding hydrogens is 541 g/mol. The highest BCUT2D eigenvalue weighted by molar-refractivity contribution is 9.10. The van der Waals surface area contributed by atoms with Crippen LogP contribution in [0.2, 0.25) is 0 Å². The molecule has 0 unspecified atom stereocenters. The second kappa shape index (κ2) is 7.73. The van der Waals surface area contributed by atoms with Crippen molar-refractivity contribution in [2.45, 2.75) is 0 Å². The zero-order valence-corrected chi connectivity index (χ0v) is 20.1. The van der Waals surface area contributed by atoms with Crippen LogP contribution in [-0.4, -0.2) is 14.4 Å². The van der Waals surface area contributed by atoms with Gasteiger partial charge in [0.1, 0.15) is 0 Å². The molecule has 0 aliphatic carbocycles. The molecule has 0 aliphatic heterocycles. The number of aromatic nitrogens is 1. The van der Waals surface area contributed by atoms with Crippen molar-refractivity contribution in [3.05, 3.63) is 93.9 Å². The Balaban J connectivity index is 1.67. The van der Waals surface area contributed by atoms with Crippen molar-refractivity contribution in [2.75, 3.05) is 0 Å². The van der Waals surface area contributed by atoms with Crippen molar-refractivity contribution in [1.82, 2.24) is 4.57 Å². The summed E-state index contributed by atoms with van der Waals surface area (Å²) in [5.41, 5.74) is 4.85. The normalized spacial score (nSPS) is 12.0. The van der Waals surface area contributed by atoms with Gasteiger partial charge in [0, 0.05) is 25.4 Å². The lowest BCUT2D eigenvalue weighted by Gasteiger charge is -2.11. The lowest BCUT2D eigenvalue weighted by Crippen LogP contribution is -2.03. The van der Waals surface area contributed by atoms with Crippen LogP contribution in [0, 0.1) is 0 Å². The molecule has 5 aromatic rings. The van der Waals surface area contributed by atoms with Crippen molar-refractivity contribution >= 4 is 66.6 Å². The largest absolute Gasteiger partial charge is 0.356 e. The molecule has 2 N–H and O–H groups in total. The van der Waals surface area contributed by atoms with E-state index in [1.807, 2.05) is 42.5 Å². The summed E-state index contributed by atoms with van der Waals surface area (Å²) in [6.07, 6.45) is 0. The highest BCUT2D eigenvalue weighted by Crippen LogP contribution is 2.37. The molecule has 0 amide bonds. The van der Waals surface area contributed by atoms with Crippen LogP contribution in [0.5, 0.6) is 0 Å². The minimum absolute atomic E-state index is 0.0196. The highest BCUT2D eigenvalue weighted by Gasteiger charge is 2.17.